The summed E-state index contributed by atoms with van der Waals surface area (Å²) in [5.74, 6) is 0. The first-order chi connectivity index (χ1) is 6.83. The Hall–Kier alpha value is -0.980. The van der Waals surface area contributed by atoms with E-state index < -0.39 is 12.6 Å². The molecule has 0 bridgehead atoms. The van der Waals surface area contributed by atoms with Crippen molar-refractivity contribution >= 4 is 6.03 Å². The Morgan fingerprint density at radius 1 is 1.20 bits per heavy atom. The van der Waals surface area contributed by atoms with Crippen LogP contribution in [0.5, 0.6) is 0 Å². The van der Waals surface area contributed by atoms with Gasteiger partial charge in [0.25, 0.3) is 0 Å². The fourth-order valence-corrected chi connectivity index (χ4v) is 0.771. The number of nitrogens with zero attached hydrogens (tertiary/aromatic N) is 1. The van der Waals surface area contributed by atoms with E-state index in [1.54, 1.807) is 14.1 Å². The third-order valence-corrected chi connectivity index (χ3v) is 1.57. The summed E-state index contributed by atoms with van der Waals surface area (Å²) in [7, 11) is 3.18. The minimum atomic E-state index is -4.13. The molecule has 4 nitrogen and oxygen atoms in total. The predicted octanol–water partition coefficient (Wildman–Crippen LogP) is 0.800. The van der Waals surface area contributed by atoms with E-state index in [2.05, 4.69) is 10.6 Å². The Morgan fingerprint density at radius 3 is 2.27 bits per heavy atom. The average molecular weight is 227 g/mol. The molecule has 0 heterocycles. The molecule has 0 aromatic heterocycles. The molecular formula is C8H16F3N3O. The molecule has 0 rings (SSSR count). The van der Waals surface area contributed by atoms with Crippen LogP contribution in [0.2, 0.25) is 0 Å². The summed E-state index contributed by atoms with van der Waals surface area (Å²) in [5, 5.41) is 5.11. The van der Waals surface area contributed by atoms with Gasteiger partial charge in [0.2, 0.25) is 0 Å². The average Bonchev–Trinajstić information content (AvgIpc) is 2.08. The number of carbonyl (C=O) groups excluding carboxylic acids is 1. The molecule has 0 spiro atoms. The van der Waals surface area contributed by atoms with Crippen LogP contribution in [0.4, 0.5) is 18.0 Å². The Labute approximate surface area is 86.8 Å². The van der Waals surface area contributed by atoms with Gasteiger partial charge < -0.3 is 15.5 Å². The third-order valence-electron chi connectivity index (χ3n) is 1.57. The van der Waals surface area contributed by atoms with Crippen molar-refractivity contribution in [1.29, 1.82) is 0 Å². The van der Waals surface area contributed by atoms with E-state index in [0.29, 0.717) is 13.1 Å². The van der Waals surface area contributed by atoms with E-state index in [9.17, 15) is 18.0 Å². The van der Waals surface area contributed by atoms with Crippen molar-refractivity contribution in [2.75, 3.05) is 33.7 Å². The molecule has 0 radical (unpaired) electrons. The Bertz CT molecular complexity index is 194. The zero-order valence-corrected chi connectivity index (χ0v) is 8.82. The fraction of sp³-hybridized carbons (Fsp3) is 0.875. The highest BCUT2D eigenvalue weighted by atomic mass is 19.4. The van der Waals surface area contributed by atoms with Gasteiger partial charge in [0.15, 0.2) is 0 Å². The molecule has 2 N–H and O–H groups in total. The van der Waals surface area contributed by atoms with Crippen molar-refractivity contribution in [2.45, 2.75) is 12.6 Å². The molecule has 0 fully saturated rings. The van der Waals surface area contributed by atoms with Crippen LogP contribution in [0.3, 0.4) is 0 Å². The SMILES string of the molecule is CN(C)C(=O)NCCNCCC(F)(F)F. The minimum Gasteiger partial charge on any atom is -0.337 e. The van der Waals surface area contributed by atoms with Gasteiger partial charge in [0, 0.05) is 33.7 Å². The van der Waals surface area contributed by atoms with Crippen LogP contribution < -0.4 is 10.6 Å². The highest BCUT2D eigenvalue weighted by Gasteiger charge is 2.25. The predicted molar refractivity (Wildman–Crippen MR) is 50.6 cm³/mol. The third kappa shape index (κ3) is 9.33. The van der Waals surface area contributed by atoms with Crippen molar-refractivity contribution in [3.05, 3.63) is 0 Å². The Balaban J connectivity index is 3.30. The summed E-state index contributed by atoms with van der Waals surface area (Å²) in [4.78, 5) is 12.3. The van der Waals surface area contributed by atoms with Crippen molar-refractivity contribution < 1.29 is 18.0 Å². The molecular weight excluding hydrogens is 211 g/mol. The molecule has 0 atom stereocenters. The summed E-state index contributed by atoms with van der Waals surface area (Å²) in [5.41, 5.74) is 0. The zero-order chi connectivity index (χ0) is 11.9. The smallest absolute Gasteiger partial charge is 0.337 e. The van der Waals surface area contributed by atoms with Gasteiger partial charge in [-0.3, -0.25) is 0 Å². The minimum absolute atomic E-state index is 0.124. The van der Waals surface area contributed by atoms with Crippen molar-refractivity contribution in [2.24, 2.45) is 0 Å². The van der Waals surface area contributed by atoms with E-state index in [1.807, 2.05) is 0 Å². The lowest BCUT2D eigenvalue weighted by Gasteiger charge is -2.12. The van der Waals surface area contributed by atoms with Gasteiger partial charge >= 0.3 is 12.2 Å². The number of urea groups is 1. The van der Waals surface area contributed by atoms with Crippen LogP contribution in [-0.4, -0.2) is 50.8 Å². The van der Waals surface area contributed by atoms with E-state index in [1.165, 1.54) is 4.90 Å². The molecule has 0 saturated carbocycles. The van der Waals surface area contributed by atoms with E-state index in [0.717, 1.165) is 0 Å². The molecule has 90 valence electrons. The number of hydrogen-bond donors (Lipinski definition) is 2. The molecule has 0 unspecified atom stereocenters. The van der Waals surface area contributed by atoms with Gasteiger partial charge in [-0.15, -0.1) is 0 Å². The number of hydrogen-bond acceptors (Lipinski definition) is 2. The molecule has 0 aromatic carbocycles. The first kappa shape index (κ1) is 14.0. The van der Waals surface area contributed by atoms with Gasteiger partial charge in [-0.05, 0) is 0 Å². The van der Waals surface area contributed by atoms with Crippen LogP contribution in [0.1, 0.15) is 6.42 Å². The molecule has 0 aliphatic heterocycles. The number of halogens is 3. The maximum Gasteiger partial charge on any atom is 0.390 e. The largest absolute Gasteiger partial charge is 0.390 e. The summed E-state index contributed by atoms with van der Waals surface area (Å²) < 4.78 is 35.0. The first-order valence-electron chi connectivity index (χ1n) is 4.55. The van der Waals surface area contributed by atoms with Gasteiger partial charge in [-0.1, -0.05) is 0 Å². The monoisotopic (exact) mass is 227 g/mol. The zero-order valence-electron chi connectivity index (χ0n) is 8.82. The first-order valence-corrected chi connectivity index (χ1v) is 4.55. The highest BCUT2D eigenvalue weighted by molar-refractivity contribution is 5.73. The molecule has 0 aromatic rings. The van der Waals surface area contributed by atoms with E-state index in [-0.39, 0.29) is 12.6 Å². The maximum atomic E-state index is 11.7. The van der Waals surface area contributed by atoms with Crippen LogP contribution in [0.15, 0.2) is 0 Å². The van der Waals surface area contributed by atoms with Crippen molar-refractivity contribution in [3.63, 3.8) is 0 Å². The molecule has 0 saturated heterocycles. The number of alkyl halides is 3. The second-order valence-corrected chi connectivity index (χ2v) is 3.24. The summed E-state index contributed by atoms with van der Waals surface area (Å²) >= 11 is 0. The van der Waals surface area contributed by atoms with Gasteiger partial charge in [-0.25, -0.2) is 4.79 Å². The quantitative estimate of drug-likeness (QED) is 0.682. The molecule has 0 aliphatic carbocycles. The lowest BCUT2D eigenvalue weighted by atomic mass is 10.4. The van der Waals surface area contributed by atoms with Gasteiger partial charge in [0.1, 0.15) is 0 Å². The fourth-order valence-electron chi connectivity index (χ4n) is 0.771. The lowest BCUT2D eigenvalue weighted by molar-refractivity contribution is -0.133. The number of amides is 2. The van der Waals surface area contributed by atoms with Gasteiger partial charge in [0.05, 0.1) is 6.42 Å². The summed E-state index contributed by atoms with van der Waals surface area (Å²) in [6.07, 6.45) is -4.98. The van der Waals surface area contributed by atoms with E-state index >= 15 is 0 Å². The van der Waals surface area contributed by atoms with Gasteiger partial charge in [-0.2, -0.15) is 13.2 Å². The van der Waals surface area contributed by atoms with Crippen molar-refractivity contribution in [3.8, 4) is 0 Å². The van der Waals surface area contributed by atoms with Crippen molar-refractivity contribution in [1.82, 2.24) is 15.5 Å². The lowest BCUT2D eigenvalue weighted by Crippen LogP contribution is -2.38. The van der Waals surface area contributed by atoms with Crippen LogP contribution in [0, 0.1) is 0 Å². The second kappa shape index (κ2) is 6.49. The Kier molecular flexibility index (Phi) is 6.07. The normalized spacial score (nSPS) is 11.3. The Morgan fingerprint density at radius 2 is 1.80 bits per heavy atom. The molecule has 7 heteroatoms. The summed E-state index contributed by atoms with van der Waals surface area (Å²) in [6.45, 7) is 0.520. The van der Waals surface area contributed by atoms with E-state index in [4.69, 9.17) is 0 Å². The second-order valence-electron chi connectivity index (χ2n) is 3.24. The number of nitrogens with one attached hydrogen (secondary N) is 2. The molecule has 2 amide bonds. The maximum absolute atomic E-state index is 11.7. The highest BCUT2D eigenvalue weighted by Crippen LogP contribution is 2.17. The summed E-state index contributed by atoms with van der Waals surface area (Å²) in [6, 6.07) is -0.257. The van der Waals surface area contributed by atoms with Crippen LogP contribution in [0.25, 0.3) is 0 Å². The number of carbonyl (C=O) groups is 1. The molecule has 15 heavy (non-hydrogen) atoms. The van der Waals surface area contributed by atoms with Crippen LogP contribution >= 0.6 is 0 Å². The topological polar surface area (TPSA) is 44.4 Å². The standard InChI is InChI=1S/C8H16F3N3O/c1-14(2)7(15)13-6-5-12-4-3-8(9,10)11/h12H,3-6H2,1-2H3,(H,13,15). The number of rotatable bonds is 5. The molecule has 0 aliphatic rings. The van der Waals surface area contributed by atoms with Crippen LogP contribution in [-0.2, 0) is 0 Å².